The molecule has 0 unspecified atom stereocenters. The minimum absolute atomic E-state index is 0.136. The standard InChI is InChI=1S/C58H39NOS/c1-57(2)47-24-10-6-18-39(47)42-32-30-37(34-51(42)57)59(52-28-15-23-46-44-21-9-13-29-54(44)61-56(46)52)38-31-33-43-45-22-14-27-50(55(45)60-53(43)35-38)58(36-16-4-3-5-17-36)48-25-11-7-19-40(48)41-20-8-12-26-49(41)58/h3-35H,1-2H3. The second-order valence-corrected chi connectivity index (χ2v) is 18.2. The third kappa shape index (κ3) is 4.67. The minimum atomic E-state index is -0.567. The summed E-state index contributed by atoms with van der Waals surface area (Å²) in [5.41, 5.74) is 17.2. The average molecular weight is 798 g/mol. The summed E-state index contributed by atoms with van der Waals surface area (Å²) in [7, 11) is 0. The maximum absolute atomic E-state index is 7.30. The van der Waals surface area contributed by atoms with E-state index in [4.69, 9.17) is 4.42 Å². The smallest absolute Gasteiger partial charge is 0.140 e. The highest BCUT2D eigenvalue weighted by atomic mass is 32.1. The number of hydrogen-bond donors (Lipinski definition) is 0. The number of nitrogens with zero attached hydrogens (tertiary/aromatic N) is 1. The molecular weight excluding hydrogens is 759 g/mol. The van der Waals surface area contributed by atoms with Crippen LogP contribution in [0.5, 0.6) is 0 Å². The number of furan rings is 1. The van der Waals surface area contributed by atoms with Crippen molar-refractivity contribution in [2.45, 2.75) is 24.7 Å². The molecule has 0 aliphatic heterocycles. The summed E-state index contributed by atoms with van der Waals surface area (Å²) in [5.74, 6) is 0. The molecule has 2 aliphatic carbocycles. The fraction of sp³-hybridized carbons (Fsp3) is 0.0690. The van der Waals surface area contributed by atoms with Crippen molar-refractivity contribution in [2.24, 2.45) is 0 Å². The van der Waals surface area contributed by atoms with Gasteiger partial charge in [0.05, 0.1) is 15.8 Å². The Morgan fingerprint density at radius 2 is 1.00 bits per heavy atom. The maximum atomic E-state index is 7.30. The fourth-order valence-corrected chi connectivity index (χ4v) is 12.3. The van der Waals surface area contributed by atoms with Crippen molar-refractivity contribution < 1.29 is 4.42 Å². The van der Waals surface area contributed by atoms with Crippen LogP contribution in [0.15, 0.2) is 205 Å². The molecule has 2 aliphatic rings. The zero-order valence-corrected chi connectivity index (χ0v) is 34.6. The van der Waals surface area contributed by atoms with Gasteiger partial charge < -0.3 is 9.32 Å². The SMILES string of the molecule is CC1(C)c2ccccc2-c2ccc(N(c3ccc4c(c3)oc3c(C5(c6ccccc6)c6ccccc6-c6ccccc65)cccc34)c3cccc4c3sc3ccccc34)cc21. The molecule has 0 N–H and O–H groups in total. The van der Waals surface area contributed by atoms with Gasteiger partial charge >= 0.3 is 0 Å². The van der Waals surface area contributed by atoms with E-state index >= 15 is 0 Å². The molecule has 9 aromatic carbocycles. The molecule has 0 bridgehead atoms. The van der Waals surface area contributed by atoms with Gasteiger partial charge in [0.2, 0.25) is 0 Å². The summed E-state index contributed by atoms with van der Waals surface area (Å²) in [6, 6.07) is 73.9. The van der Waals surface area contributed by atoms with E-state index in [0.717, 1.165) is 44.6 Å². The number of hydrogen-bond acceptors (Lipinski definition) is 3. The lowest BCUT2D eigenvalue weighted by atomic mass is 9.67. The molecule has 0 amide bonds. The Kier molecular flexibility index (Phi) is 7.19. The Morgan fingerprint density at radius 3 is 1.79 bits per heavy atom. The van der Waals surface area contributed by atoms with Gasteiger partial charge in [-0.3, -0.25) is 0 Å². The highest BCUT2D eigenvalue weighted by molar-refractivity contribution is 7.26. The summed E-state index contributed by atoms with van der Waals surface area (Å²) in [6.07, 6.45) is 0. The van der Waals surface area contributed by atoms with Crippen LogP contribution >= 0.6 is 11.3 Å². The molecule has 0 fully saturated rings. The molecule has 0 spiro atoms. The van der Waals surface area contributed by atoms with Crippen molar-refractivity contribution in [3.05, 3.63) is 234 Å². The summed E-state index contributed by atoms with van der Waals surface area (Å²) >= 11 is 1.87. The Hall–Kier alpha value is -7.20. The summed E-state index contributed by atoms with van der Waals surface area (Å²) < 4.78 is 9.85. The first-order valence-electron chi connectivity index (χ1n) is 21.2. The van der Waals surface area contributed by atoms with Crippen molar-refractivity contribution in [1.29, 1.82) is 0 Å². The van der Waals surface area contributed by atoms with Gasteiger partial charge in [-0.15, -0.1) is 11.3 Å². The summed E-state index contributed by atoms with van der Waals surface area (Å²) in [6.45, 7) is 4.72. The van der Waals surface area contributed by atoms with Gasteiger partial charge in [-0.2, -0.15) is 0 Å². The summed E-state index contributed by atoms with van der Waals surface area (Å²) in [4.78, 5) is 2.46. The van der Waals surface area contributed by atoms with E-state index in [0.29, 0.717) is 0 Å². The molecule has 2 heterocycles. The average Bonchev–Trinajstić information content (AvgIpc) is 4.03. The Bertz CT molecular complexity index is 3540. The van der Waals surface area contributed by atoms with E-state index in [1.807, 2.05) is 11.3 Å². The quantitative estimate of drug-likeness (QED) is 0.172. The lowest BCUT2D eigenvalue weighted by Gasteiger charge is -2.33. The fourth-order valence-electron chi connectivity index (χ4n) is 11.1. The molecular formula is C58H39NOS. The van der Waals surface area contributed by atoms with Gasteiger partial charge in [-0.25, -0.2) is 0 Å². The van der Waals surface area contributed by atoms with E-state index in [1.165, 1.54) is 70.2 Å². The van der Waals surface area contributed by atoms with Crippen LogP contribution in [0, 0.1) is 0 Å². The zero-order chi connectivity index (χ0) is 40.5. The second-order valence-electron chi connectivity index (χ2n) is 17.2. The molecule has 13 rings (SSSR count). The number of para-hydroxylation sites is 1. The van der Waals surface area contributed by atoms with Gasteiger partial charge in [0.15, 0.2) is 0 Å². The van der Waals surface area contributed by atoms with Crippen molar-refractivity contribution >= 4 is 70.5 Å². The van der Waals surface area contributed by atoms with Gasteiger partial charge in [-0.05, 0) is 86.5 Å². The largest absolute Gasteiger partial charge is 0.456 e. The van der Waals surface area contributed by atoms with Gasteiger partial charge in [0, 0.05) is 54.7 Å². The lowest BCUT2D eigenvalue weighted by Crippen LogP contribution is -2.28. The molecule has 61 heavy (non-hydrogen) atoms. The molecule has 2 aromatic heterocycles. The van der Waals surface area contributed by atoms with Crippen molar-refractivity contribution in [2.75, 3.05) is 4.90 Å². The van der Waals surface area contributed by atoms with Gasteiger partial charge in [0.25, 0.3) is 0 Å². The maximum Gasteiger partial charge on any atom is 0.140 e. The molecule has 0 saturated heterocycles. The third-order valence-corrected chi connectivity index (χ3v) is 15.0. The topological polar surface area (TPSA) is 16.4 Å². The van der Waals surface area contributed by atoms with Crippen LogP contribution in [-0.4, -0.2) is 0 Å². The number of thiophene rings is 1. The first-order chi connectivity index (χ1) is 30.0. The number of benzene rings is 9. The van der Waals surface area contributed by atoms with E-state index in [1.54, 1.807) is 0 Å². The molecule has 0 radical (unpaired) electrons. The van der Waals surface area contributed by atoms with Crippen LogP contribution in [0.25, 0.3) is 64.4 Å². The Morgan fingerprint density at radius 1 is 0.426 bits per heavy atom. The molecule has 0 atom stereocenters. The number of anilines is 3. The van der Waals surface area contributed by atoms with E-state index in [2.05, 4.69) is 219 Å². The molecule has 0 saturated carbocycles. The number of rotatable bonds is 5. The highest BCUT2D eigenvalue weighted by Gasteiger charge is 2.47. The first kappa shape index (κ1) is 34.6. The zero-order valence-electron chi connectivity index (χ0n) is 33.8. The highest BCUT2D eigenvalue weighted by Crippen LogP contribution is 2.58. The molecule has 3 heteroatoms. The third-order valence-electron chi connectivity index (χ3n) is 13.8. The molecule has 288 valence electrons. The van der Waals surface area contributed by atoms with E-state index in [-0.39, 0.29) is 5.41 Å². The van der Waals surface area contributed by atoms with Crippen LogP contribution in [0.1, 0.15) is 47.2 Å². The van der Waals surface area contributed by atoms with Crippen LogP contribution in [-0.2, 0) is 10.8 Å². The van der Waals surface area contributed by atoms with Gasteiger partial charge in [0.1, 0.15) is 11.2 Å². The van der Waals surface area contributed by atoms with Crippen molar-refractivity contribution in [3.8, 4) is 22.3 Å². The summed E-state index contributed by atoms with van der Waals surface area (Å²) in [5, 5.41) is 4.78. The monoisotopic (exact) mass is 797 g/mol. The van der Waals surface area contributed by atoms with E-state index < -0.39 is 5.41 Å². The second kappa shape index (κ2) is 12.7. The van der Waals surface area contributed by atoms with Crippen LogP contribution in [0.4, 0.5) is 17.1 Å². The van der Waals surface area contributed by atoms with Crippen LogP contribution in [0.2, 0.25) is 0 Å². The van der Waals surface area contributed by atoms with Crippen molar-refractivity contribution in [1.82, 2.24) is 0 Å². The first-order valence-corrected chi connectivity index (χ1v) is 22.0. The Balaban J connectivity index is 1.06. The normalized spacial score (nSPS) is 14.3. The number of fused-ring (bicyclic) bond motifs is 12. The van der Waals surface area contributed by atoms with Crippen LogP contribution in [0.3, 0.4) is 0 Å². The predicted molar refractivity (Wildman–Crippen MR) is 256 cm³/mol. The predicted octanol–water partition coefficient (Wildman–Crippen LogP) is 16.1. The van der Waals surface area contributed by atoms with Crippen molar-refractivity contribution in [3.63, 3.8) is 0 Å². The lowest BCUT2D eigenvalue weighted by molar-refractivity contribution is 0.648. The van der Waals surface area contributed by atoms with Crippen LogP contribution < -0.4 is 4.90 Å². The Labute approximate surface area is 358 Å². The minimum Gasteiger partial charge on any atom is -0.456 e. The van der Waals surface area contributed by atoms with E-state index in [9.17, 15) is 0 Å². The molecule has 11 aromatic rings. The molecule has 2 nitrogen and oxygen atoms in total. The van der Waals surface area contributed by atoms with Gasteiger partial charge in [-0.1, -0.05) is 172 Å².